The van der Waals surface area contributed by atoms with Gasteiger partial charge in [-0.25, -0.2) is 0 Å². The monoisotopic (exact) mass is 778 g/mol. The Morgan fingerprint density at radius 2 is 1.22 bits per heavy atom. The van der Waals surface area contributed by atoms with Gasteiger partial charge >= 0.3 is 0 Å². The van der Waals surface area contributed by atoms with Gasteiger partial charge in [0.05, 0.1) is 5.52 Å². The number of rotatable bonds is 4. The molecule has 296 valence electrons. The third kappa shape index (κ3) is 5.40. The molecule has 0 spiro atoms. The first-order valence-electron chi connectivity index (χ1n) is 22.1. The van der Waals surface area contributed by atoms with Crippen LogP contribution in [0.5, 0.6) is 0 Å². The Hall–Kier alpha value is -5.80. The van der Waals surface area contributed by atoms with Gasteiger partial charge in [-0.15, -0.1) is 0 Å². The lowest BCUT2D eigenvalue weighted by Gasteiger charge is -2.42. The Bertz CT molecular complexity index is 3080. The average molecular weight is 779 g/mol. The zero-order chi connectivity index (χ0) is 41.5. The van der Waals surface area contributed by atoms with E-state index in [1.807, 2.05) is 0 Å². The quantitative estimate of drug-likeness (QED) is 0.176. The molecule has 1 N–H and O–H groups in total. The number of nitrogens with zero attached hydrogens (tertiary/aromatic N) is 1. The van der Waals surface area contributed by atoms with Crippen LogP contribution in [-0.2, 0) is 21.7 Å². The summed E-state index contributed by atoms with van der Waals surface area (Å²) in [6.45, 7) is 21.5. The molecule has 8 aromatic rings. The SMILES string of the molecule is CC(C)(C)c1ccc(Nc2ccccc2-c2cc(-c3ccccc3)c3c4cc5c(cc4n4c3c2Bc2cc3c(cc2-4)-c2ccccc2C3(C)C)C(C)(C)CCC5(C)C)cc1. The highest BCUT2D eigenvalue weighted by atomic mass is 15.0. The van der Waals surface area contributed by atoms with E-state index in [4.69, 9.17) is 0 Å². The fourth-order valence-corrected chi connectivity index (χ4v) is 11.2. The molecule has 3 heteroatoms. The van der Waals surface area contributed by atoms with E-state index in [1.165, 1.54) is 112 Å². The van der Waals surface area contributed by atoms with Gasteiger partial charge in [-0.2, -0.15) is 0 Å². The van der Waals surface area contributed by atoms with E-state index in [1.54, 1.807) is 0 Å². The zero-order valence-corrected chi connectivity index (χ0v) is 36.8. The lowest BCUT2D eigenvalue weighted by Crippen LogP contribution is -2.38. The molecule has 0 atom stereocenters. The molecule has 3 aliphatic rings. The first kappa shape index (κ1) is 37.2. The number of fused-ring (bicyclic) bond motifs is 9. The molecule has 0 unspecified atom stereocenters. The highest BCUT2D eigenvalue weighted by Crippen LogP contribution is 2.52. The van der Waals surface area contributed by atoms with Gasteiger partial charge in [0.2, 0.25) is 0 Å². The number of aromatic nitrogens is 1. The van der Waals surface area contributed by atoms with E-state index in [9.17, 15) is 0 Å². The minimum absolute atomic E-state index is 0.0803. The van der Waals surface area contributed by atoms with Crippen molar-refractivity contribution < 1.29 is 0 Å². The molecule has 7 aromatic carbocycles. The molecule has 2 heterocycles. The van der Waals surface area contributed by atoms with Crippen LogP contribution in [0.3, 0.4) is 0 Å². The highest BCUT2D eigenvalue weighted by Gasteiger charge is 2.41. The van der Waals surface area contributed by atoms with Crippen LogP contribution in [0.25, 0.3) is 60.9 Å². The molecule has 2 nitrogen and oxygen atoms in total. The molecule has 0 saturated heterocycles. The van der Waals surface area contributed by atoms with Crippen LogP contribution in [-0.4, -0.2) is 11.8 Å². The molecule has 11 rings (SSSR count). The molecule has 1 aliphatic heterocycles. The van der Waals surface area contributed by atoms with Gasteiger partial charge in [0.25, 0.3) is 0 Å². The van der Waals surface area contributed by atoms with Crippen molar-refractivity contribution in [3.8, 4) is 39.1 Å². The van der Waals surface area contributed by atoms with Crippen molar-refractivity contribution in [1.82, 2.24) is 4.57 Å². The second-order valence-electron chi connectivity index (χ2n) is 20.9. The average Bonchev–Trinajstić information content (AvgIpc) is 3.68. The summed E-state index contributed by atoms with van der Waals surface area (Å²) >= 11 is 0. The van der Waals surface area contributed by atoms with Crippen molar-refractivity contribution >= 4 is 51.4 Å². The number of hydrogen-bond donors (Lipinski definition) is 1. The van der Waals surface area contributed by atoms with Crippen LogP contribution < -0.4 is 16.2 Å². The maximum absolute atomic E-state index is 3.89. The smallest absolute Gasteiger partial charge is 0.198 e. The van der Waals surface area contributed by atoms with Crippen molar-refractivity contribution in [1.29, 1.82) is 0 Å². The number of para-hydroxylation sites is 1. The van der Waals surface area contributed by atoms with Crippen LogP contribution in [0.15, 0.2) is 133 Å². The van der Waals surface area contributed by atoms with Crippen LogP contribution in [0.2, 0.25) is 0 Å². The lowest BCUT2D eigenvalue weighted by molar-refractivity contribution is 0.332. The van der Waals surface area contributed by atoms with E-state index in [0.29, 0.717) is 0 Å². The topological polar surface area (TPSA) is 17.0 Å². The summed E-state index contributed by atoms with van der Waals surface area (Å²) in [5.41, 5.74) is 24.2. The second kappa shape index (κ2) is 12.6. The summed E-state index contributed by atoms with van der Waals surface area (Å²) in [7, 11) is 0.859. The molecule has 0 fully saturated rings. The predicted molar refractivity (Wildman–Crippen MR) is 259 cm³/mol. The molecular weight excluding hydrogens is 723 g/mol. The van der Waals surface area contributed by atoms with Crippen molar-refractivity contribution in [3.05, 3.63) is 161 Å². The standard InChI is InChI=1S/C57H55BN2/c1-54(2,3)35-23-25-36(26-24-35)59-48-22-16-14-20-38(48)41-29-39(34-17-11-10-12-18-34)51-42-30-45-46(56(6,7)28-27-55(45,4)5)33-49(42)60-50-31-40-37-19-13-15-21-43(37)57(8,9)44(40)32-47(50)58-52(41)53(51)60/h10-26,29-33,58-59H,27-28H2,1-9H3. The van der Waals surface area contributed by atoms with Crippen molar-refractivity contribution in [2.45, 2.75) is 96.8 Å². The minimum Gasteiger partial charge on any atom is -0.355 e. The van der Waals surface area contributed by atoms with Crippen molar-refractivity contribution in [3.63, 3.8) is 0 Å². The van der Waals surface area contributed by atoms with E-state index in [0.717, 1.165) is 18.7 Å². The Balaban J connectivity index is 1.25. The van der Waals surface area contributed by atoms with Gasteiger partial charge in [0, 0.05) is 44.3 Å². The molecule has 2 aliphatic carbocycles. The molecular formula is C57H55BN2. The summed E-state index contributed by atoms with van der Waals surface area (Å²) in [6.07, 6.45) is 2.37. The van der Waals surface area contributed by atoms with E-state index in [-0.39, 0.29) is 21.7 Å². The van der Waals surface area contributed by atoms with Crippen LogP contribution in [0.4, 0.5) is 11.4 Å². The first-order valence-corrected chi connectivity index (χ1v) is 22.1. The molecule has 60 heavy (non-hydrogen) atoms. The Kier molecular flexibility index (Phi) is 7.83. The van der Waals surface area contributed by atoms with Gasteiger partial charge in [-0.3, -0.25) is 0 Å². The summed E-state index contributed by atoms with van der Waals surface area (Å²) in [4.78, 5) is 0. The zero-order valence-electron chi connectivity index (χ0n) is 36.8. The first-order chi connectivity index (χ1) is 28.6. The fraction of sp³-hybridized carbons (Fsp3) is 0.263. The third-order valence-electron chi connectivity index (χ3n) is 14.8. The number of benzene rings is 7. The maximum atomic E-state index is 3.89. The van der Waals surface area contributed by atoms with Gasteiger partial charge in [0.15, 0.2) is 7.28 Å². The summed E-state index contributed by atoms with van der Waals surface area (Å²) in [5, 5.41) is 6.62. The van der Waals surface area contributed by atoms with Gasteiger partial charge in [-0.1, -0.05) is 159 Å². The molecule has 0 amide bonds. The molecule has 0 saturated carbocycles. The van der Waals surface area contributed by atoms with E-state index >= 15 is 0 Å². The van der Waals surface area contributed by atoms with Crippen LogP contribution in [0, 0.1) is 0 Å². The number of nitrogens with one attached hydrogen (secondary N) is 1. The second-order valence-corrected chi connectivity index (χ2v) is 20.9. The lowest BCUT2D eigenvalue weighted by atomic mass is 9.58. The molecule has 0 radical (unpaired) electrons. The predicted octanol–water partition coefficient (Wildman–Crippen LogP) is 13.5. The summed E-state index contributed by atoms with van der Waals surface area (Å²) in [5.74, 6) is 0. The van der Waals surface area contributed by atoms with Crippen LogP contribution in [0.1, 0.15) is 103 Å². The van der Waals surface area contributed by atoms with Crippen molar-refractivity contribution in [2.24, 2.45) is 0 Å². The molecule has 1 aromatic heterocycles. The number of anilines is 2. The fourth-order valence-electron chi connectivity index (χ4n) is 11.2. The largest absolute Gasteiger partial charge is 0.355 e. The third-order valence-corrected chi connectivity index (χ3v) is 14.8. The molecule has 0 bridgehead atoms. The van der Waals surface area contributed by atoms with Gasteiger partial charge < -0.3 is 9.88 Å². The van der Waals surface area contributed by atoms with Crippen molar-refractivity contribution in [2.75, 3.05) is 5.32 Å². The Labute approximate surface area is 356 Å². The summed E-state index contributed by atoms with van der Waals surface area (Å²) < 4.78 is 2.70. The number of hydrogen-bond acceptors (Lipinski definition) is 1. The van der Waals surface area contributed by atoms with Gasteiger partial charge in [0.1, 0.15) is 0 Å². The van der Waals surface area contributed by atoms with Gasteiger partial charge in [-0.05, 0) is 133 Å². The highest BCUT2D eigenvalue weighted by molar-refractivity contribution is 6.73. The minimum atomic E-state index is -0.0803. The Morgan fingerprint density at radius 1 is 0.567 bits per heavy atom. The Morgan fingerprint density at radius 3 is 1.93 bits per heavy atom. The van der Waals surface area contributed by atoms with E-state index in [2.05, 4.69) is 206 Å². The van der Waals surface area contributed by atoms with E-state index < -0.39 is 0 Å². The van der Waals surface area contributed by atoms with Crippen LogP contribution >= 0.6 is 0 Å². The maximum Gasteiger partial charge on any atom is 0.198 e. The normalized spacial score (nSPS) is 16.5. The summed E-state index contributed by atoms with van der Waals surface area (Å²) in [6, 6.07) is 51.1.